The molecule has 0 amide bonds. The Morgan fingerprint density at radius 1 is 0.966 bits per heavy atom. The van der Waals surface area contributed by atoms with Crippen molar-refractivity contribution in [1.82, 2.24) is 4.98 Å². The fourth-order valence-electron chi connectivity index (χ4n) is 4.21. The van der Waals surface area contributed by atoms with Crippen molar-refractivity contribution >= 4 is 32.7 Å². The number of benzene rings is 3. The molecule has 0 fully saturated rings. The molecule has 0 aliphatic rings. The highest BCUT2D eigenvalue weighted by Gasteiger charge is 2.16. The molecule has 0 saturated heterocycles. The van der Waals surface area contributed by atoms with E-state index in [2.05, 4.69) is 23.2 Å². The topological polar surface area (TPSA) is 26.0 Å². The summed E-state index contributed by atoms with van der Waals surface area (Å²) in [5.74, 6) is -0.999. The van der Waals surface area contributed by atoms with Crippen LogP contribution in [0.5, 0.6) is 0 Å². The minimum atomic E-state index is -2.33. The van der Waals surface area contributed by atoms with E-state index < -0.39 is 12.7 Å². The van der Waals surface area contributed by atoms with Crippen LogP contribution in [-0.4, -0.2) is 4.98 Å². The van der Waals surface area contributed by atoms with Crippen LogP contribution in [0.25, 0.3) is 44.0 Å². The van der Waals surface area contributed by atoms with Gasteiger partial charge in [0.25, 0.3) is 0 Å². The second-order valence-electron chi connectivity index (χ2n) is 7.41. The second-order valence-corrected chi connectivity index (χ2v) is 7.41. The Balaban J connectivity index is 1.77. The second kappa shape index (κ2) is 7.04. The van der Waals surface area contributed by atoms with E-state index in [1.54, 1.807) is 6.07 Å². The molecule has 0 aliphatic heterocycles. The third kappa shape index (κ3) is 2.91. The molecule has 2 aromatic heterocycles. The van der Waals surface area contributed by atoms with Gasteiger partial charge in [-0.15, -0.1) is 0 Å². The molecule has 0 unspecified atom stereocenters. The maximum absolute atomic E-state index is 8.97. The summed E-state index contributed by atoms with van der Waals surface area (Å²) in [6, 6.07) is 20.1. The highest BCUT2D eigenvalue weighted by Crippen LogP contribution is 2.38. The number of hydrogen-bond acceptors (Lipinski definition) is 2. The average Bonchev–Trinajstić information content (AvgIpc) is 3.18. The first-order chi connectivity index (χ1) is 15.7. The Morgan fingerprint density at radius 2 is 1.76 bits per heavy atom. The molecule has 0 bridgehead atoms. The lowest BCUT2D eigenvalue weighted by molar-refractivity contribution is 0.637. The molecule has 0 radical (unpaired) electrons. The summed E-state index contributed by atoms with van der Waals surface area (Å²) in [5, 5.41) is 4.27. The average molecular weight is 384 g/mol. The van der Waals surface area contributed by atoms with Gasteiger partial charge in [0.2, 0.25) is 0 Å². The van der Waals surface area contributed by atoms with Crippen molar-refractivity contribution in [3.8, 4) is 11.3 Å². The van der Waals surface area contributed by atoms with Gasteiger partial charge in [0.15, 0.2) is 0 Å². The van der Waals surface area contributed by atoms with E-state index in [1.807, 2.05) is 50.2 Å². The zero-order chi connectivity index (χ0) is 23.4. The predicted octanol–water partition coefficient (Wildman–Crippen LogP) is 8.01. The zero-order valence-electron chi connectivity index (χ0n) is 20.6. The van der Waals surface area contributed by atoms with Crippen LogP contribution in [0.15, 0.2) is 71.3 Å². The molecule has 0 N–H and O–H groups in total. The number of fused-ring (bicyclic) bond motifs is 4. The van der Waals surface area contributed by atoms with Crippen molar-refractivity contribution in [2.75, 3.05) is 0 Å². The smallest absolute Gasteiger partial charge is 0.144 e. The first-order valence-electron chi connectivity index (χ1n) is 12.1. The third-order valence-electron chi connectivity index (χ3n) is 5.78. The summed E-state index contributed by atoms with van der Waals surface area (Å²) < 4.78 is 39.3. The van der Waals surface area contributed by atoms with Gasteiger partial charge in [0.1, 0.15) is 11.2 Å². The molecule has 29 heavy (non-hydrogen) atoms. The van der Waals surface area contributed by atoms with Gasteiger partial charge in [-0.2, -0.15) is 0 Å². The first kappa shape index (κ1) is 13.9. The highest BCUT2D eigenvalue weighted by molar-refractivity contribution is 6.13. The maximum Gasteiger partial charge on any atom is 0.144 e. The number of para-hydroxylation sites is 1. The van der Waals surface area contributed by atoms with Crippen molar-refractivity contribution in [3.05, 3.63) is 78.0 Å². The molecular weight excluding hydrogens is 354 g/mol. The molecule has 2 nitrogen and oxygen atoms in total. The summed E-state index contributed by atoms with van der Waals surface area (Å²) in [6.07, 6.45) is 2.44. The number of aromatic nitrogens is 1. The molecule has 0 spiro atoms. The van der Waals surface area contributed by atoms with Gasteiger partial charge in [-0.3, -0.25) is 4.98 Å². The van der Waals surface area contributed by atoms with Crippen LogP contribution >= 0.6 is 0 Å². The van der Waals surface area contributed by atoms with Gasteiger partial charge < -0.3 is 4.42 Å². The molecule has 144 valence electrons. The minimum absolute atomic E-state index is 0.146. The summed E-state index contributed by atoms with van der Waals surface area (Å²) >= 11 is 0. The van der Waals surface area contributed by atoms with E-state index >= 15 is 0 Å². The Morgan fingerprint density at radius 3 is 2.52 bits per heavy atom. The Bertz CT molecular complexity index is 1500. The SMILES string of the molecule is [2H]C([2H])([2H])c1cnc(-c2cccc3c2oc2cc4ccccc4cc23)cc1C([2H])(CC)CC. The zero-order valence-corrected chi connectivity index (χ0v) is 16.6. The molecule has 0 atom stereocenters. The lowest BCUT2D eigenvalue weighted by Gasteiger charge is -2.16. The predicted molar refractivity (Wildman–Crippen MR) is 123 cm³/mol. The summed E-state index contributed by atoms with van der Waals surface area (Å²) in [6.45, 7) is 1.51. The van der Waals surface area contributed by atoms with E-state index in [4.69, 9.17) is 9.90 Å². The number of furan rings is 1. The van der Waals surface area contributed by atoms with Crippen molar-refractivity contribution in [3.63, 3.8) is 0 Å². The normalized spacial score (nSPS) is 14.7. The molecule has 0 saturated carbocycles. The van der Waals surface area contributed by atoms with Gasteiger partial charge in [-0.25, -0.2) is 0 Å². The van der Waals surface area contributed by atoms with Gasteiger partial charge >= 0.3 is 0 Å². The van der Waals surface area contributed by atoms with Crippen LogP contribution in [0.3, 0.4) is 0 Å². The Kier molecular flexibility index (Phi) is 3.39. The van der Waals surface area contributed by atoms with E-state index in [9.17, 15) is 0 Å². The fourth-order valence-corrected chi connectivity index (χ4v) is 4.21. The van der Waals surface area contributed by atoms with E-state index in [-0.39, 0.29) is 5.56 Å². The molecule has 5 rings (SSSR count). The lowest BCUT2D eigenvalue weighted by atomic mass is 9.90. The first-order valence-corrected chi connectivity index (χ1v) is 10.1. The van der Waals surface area contributed by atoms with Gasteiger partial charge in [-0.05, 0) is 71.8 Å². The molecule has 2 heteroatoms. The number of nitrogens with zero attached hydrogens (tertiary/aromatic N) is 1. The van der Waals surface area contributed by atoms with E-state index in [1.165, 1.54) is 6.20 Å². The van der Waals surface area contributed by atoms with Crippen molar-refractivity contribution in [2.24, 2.45) is 0 Å². The Labute approximate surface area is 176 Å². The quantitative estimate of drug-likeness (QED) is 0.314. The Hall–Kier alpha value is -3.13. The van der Waals surface area contributed by atoms with Gasteiger partial charge in [0.05, 0.1) is 5.69 Å². The monoisotopic (exact) mass is 383 g/mol. The molecule has 2 heterocycles. The maximum atomic E-state index is 8.97. The summed E-state index contributed by atoms with van der Waals surface area (Å²) in [7, 11) is 0. The molecule has 5 aromatic rings. The summed E-state index contributed by atoms with van der Waals surface area (Å²) in [5.41, 5.74) is 3.58. The van der Waals surface area contributed by atoms with Gasteiger partial charge in [0, 0.05) is 28.0 Å². The van der Waals surface area contributed by atoms with Crippen LogP contribution in [0.4, 0.5) is 0 Å². The summed E-state index contributed by atoms with van der Waals surface area (Å²) in [4.78, 5) is 4.53. The van der Waals surface area contributed by atoms with E-state index in [0.717, 1.165) is 32.7 Å². The van der Waals surface area contributed by atoms with Gasteiger partial charge in [-0.1, -0.05) is 50.2 Å². The van der Waals surface area contributed by atoms with Crippen LogP contribution in [0, 0.1) is 6.85 Å². The number of hydrogen-bond donors (Lipinski definition) is 0. The molecular formula is C27H25NO. The minimum Gasteiger partial charge on any atom is -0.455 e. The highest BCUT2D eigenvalue weighted by atomic mass is 16.3. The van der Waals surface area contributed by atoms with Crippen LogP contribution in [0.2, 0.25) is 0 Å². The van der Waals surface area contributed by atoms with E-state index in [0.29, 0.717) is 29.7 Å². The molecule has 3 aromatic carbocycles. The largest absolute Gasteiger partial charge is 0.455 e. The number of pyridine rings is 1. The van der Waals surface area contributed by atoms with Crippen LogP contribution in [0.1, 0.15) is 49.2 Å². The van der Waals surface area contributed by atoms with Crippen molar-refractivity contribution in [2.45, 2.75) is 39.4 Å². The standard InChI is InChI=1S/C27H25NO/c1-4-18(5-2)23-15-25(28-16-17(23)3)22-12-8-11-21-24-13-19-9-6-7-10-20(19)14-26(24)29-27(21)22/h6-16,18H,4-5H2,1-3H3/i3D3,18D. The number of rotatable bonds is 4. The lowest BCUT2D eigenvalue weighted by Crippen LogP contribution is -2.00. The fraction of sp³-hybridized carbons (Fsp3) is 0.222. The van der Waals surface area contributed by atoms with Crippen molar-refractivity contribution < 1.29 is 9.90 Å². The van der Waals surface area contributed by atoms with Crippen LogP contribution < -0.4 is 0 Å². The van der Waals surface area contributed by atoms with Crippen molar-refractivity contribution in [1.29, 1.82) is 0 Å². The number of aryl methyl sites for hydroxylation is 1. The third-order valence-corrected chi connectivity index (χ3v) is 5.78. The molecule has 0 aliphatic carbocycles. The van der Waals surface area contributed by atoms with Crippen LogP contribution in [-0.2, 0) is 0 Å².